The molecule has 0 radical (unpaired) electrons. The molecule has 1 amide bonds. The third kappa shape index (κ3) is 2.57. The molecule has 1 rings (SSSR count). The fourth-order valence-corrected chi connectivity index (χ4v) is 1.00. The van der Waals surface area contributed by atoms with Crippen molar-refractivity contribution in [2.24, 2.45) is 0 Å². The molecule has 14 heavy (non-hydrogen) atoms. The van der Waals surface area contributed by atoms with Gasteiger partial charge < -0.3 is 10.4 Å². The summed E-state index contributed by atoms with van der Waals surface area (Å²) in [7, 11) is 0. The molecule has 0 heterocycles. The number of hydrogen-bond acceptors (Lipinski definition) is 3. The lowest BCUT2D eigenvalue weighted by atomic mass is 10.2. The maximum Gasteiger partial charge on any atom is 0.226 e. The van der Waals surface area contributed by atoms with Gasteiger partial charge in [-0.15, -0.1) is 0 Å². The van der Waals surface area contributed by atoms with E-state index in [0.29, 0.717) is 11.3 Å². The van der Waals surface area contributed by atoms with Crippen LogP contribution in [0.3, 0.4) is 0 Å². The molecule has 1 aromatic rings. The Labute approximate surface area is 81.8 Å². The van der Waals surface area contributed by atoms with Crippen molar-refractivity contribution in [2.45, 2.75) is 6.42 Å². The van der Waals surface area contributed by atoms with E-state index in [0.717, 1.165) is 0 Å². The van der Waals surface area contributed by atoms with Gasteiger partial charge >= 0.3 is 0 Å². The van der Waals surface area contributed by atoms with Crippen LogP contribution in [0.2, 0.25) is 0 Å². The standard InChI is InChI=1S/C10H10N2O2/c11-7-8-3-1-2-4-9(8)12-10(14)5-6-13/h1-4,13H,5-6H2,(H,12,14). The Bertz CT molecular complexity index is 369. The van der Waals surface area contributed by atoms with E-state index < -0.39 is 0 Å². The Morgan fingerprint density at radius 1 is 1.50 bits per heavy atom. The van der Waals surface area contributed by atoms with Crippen molar-refractivity contribution in [3.63, 3.8) is 0 Å². The minimum Gasteiger partial charge on any atom is -0.396 e. The van der Waals surface area contributed by atoms with E-state index in [2.05, 4.69) is 5.32 Å². The molecular weight excluding hydrogens is 180 g/mol. The zero-order valence-corrected chi connectivity index (χ0v) is 7.53. The molecule has 4 nitrogen and oxygen atoms in total. The Balaban J connectivity index is 2.77. The number of aliphatic hydroxyl groups is 1. The van der Waals surface area contributed by atoms with Crippen molar-refractivity contribution in [1.29, 1.82) is 5.26 Å². The molecule has 0 aliphatic carbocycles. The summed E-state index contributed by atoms with van der Waals surface area (Å²) < 4.78 is 0. The SMILES string of the molecule is N#Cc1ccccc1NC(=O)CCO. The highest BCUT2D eigenvalue weighted by atomic mass is 16.3. The average molecular weight is 190 g/mol. The number of hydrogen-bond donors (Lipinski definition) is 2. The summed E-state index contributed by atoms with van der Waals surface area (Å²) in [6.45, 7) is -0.194. The van der Waals surface area contributed by atoms with E-state index in [4.69, 9.17) is 10.4 Å². The molecular formula is C10H10N2O2. The maximum absolute atomic E-state index is 11.1. The number of amides is 1. The van der Waals surface area contributed by atoms with Gasteiger partial charge in [-0.25, -0.2) is 0 Å². The molecule has 1 aromatic carbocycles. The first-order chi connectivity index (χ1) is 6.77. The number of anilines is 1. The van der Waals surface area contributed by atoms with Gasteiger partial charge in [0.25, 0.3) is 0 Å². The minimum absolute atomic E-state index is 0.0414. The van der Waals surface area contributed by atoms with Gasteiger partial charge in [0.05, 0.1) is 24.3 Å². The van der Waals surface area contributed by atoms with Crippen molar-refractivity contribution in [1.82, 2.24) is 0 Å². The Kier molecular flexibility index (Phi) is 3.65. The Morgan fingerprint density at radius 3 is 2.86 bits per heavy atom. The molecule has 0 aliphatic heterocycles. The lowest BCUT2D eigenvalue weighted by Gasteiger charge is -2.04. The van der Waals surface area contributed by atoms with Crippen LogP contribution in [0.5, 0.6) is 0 Å². The number of para-hydroxylation sites is 1. The first-order valence-electron chi connectivity index (χ1n) is 4.17. The van der Waals surface area contributed by atoms with Gasteiger partial charge in [0.2, 0.25) is 5.91 Å². The van der Waals surface area contributed by atoms with Crippen LogP contribution in [0, 0.1) is 11.3 Å². The van der Waals surface area contributed by atoms with Gasteiger partial charge in [-0.05, 0) is 12.1 Å². The van der Waals surface area contributed by atoms with Gasteiger partial charge in [-0.3, -0.25) is 4.79 Å². The predicted octanol–water partition coefficient (Wildman–Crippen LogP) is 0.879. The van der Waals surface area contributed by atoms with Crippen LogP contribution >= 0.6 is 0 Å². The quantitative estimate of drug-likeness (QED) is 0.743. The van der Waals surface area contributed by atoms with Crippen molar-refractivity contribution in [3.05, 3.63) is 29.8 Å². The first-order valence-corrected chi connectivity index (χ1v) is 4.17. The summed E-state index contributed by atoms with van der Waals surface area (Å²) >= 11 is 0. The minimum atomic E-state index is -0.296. The van der Waals surface area contributed by atoms with Crippen LogP contribution < -0.4 is 5.32 Å². The number of benzene rings is 1. The second-order valence-corrected chi connectivity index (χ2v) is 2.68. The highest BCUT2D eigenvalue weighted by molar-refractivity contribution is 5.92. The molecule has 2 N–H and O–H groups in total. The molecule has 0 unspecified atom stereocenters. The summed E-state index contributed by atoms with van der Waals surface area (Å²) in [4.78, 5) is 11.1. The maximum atomic E-state index is 11.1. The summed E-state index contributed by atoms with van der Waals surface area (Å²) in [5, 5.41) is 19.8. The Hall–Kier alpha value is -1.86. The monoisotopic (exact) mass is 190 g/mol. The summed E-state index contributed by atoms with van der Waals surface area (Å²) in [5.74, 6) is -0.296. The van der Waals surface area contributed by atoms with Crippen molar-refractivity contribution in [3.8, 4) is 6.07 Å². The molecule has 0 atom stereocenters. The van der Waals surface area contributed by atoms with E-state index in [1.54, 1.807) is 24.3 Å². The van der Waals surface area contributed by atoms with Gasteiger partial charge in [-0.1, -0.05) is 12.1 Å². The van der Waals surface area contributed by atoms with E-state index in [1.165, 1.54) is 0 Å². The molecule has 0 fully saturated rings. The molecule has 0 aliphatic rings. The van der Waals surface area contributed by atoms with E-state index in [9.17, 15) is 4.79 Å². The zero-order valence-electron chi connectivity index (χ0n) is 7.53. The molecule has 0 spiro atoms. The smallest absolute Gasteiger partial charge is 0.226 e. The van der Waals surface area contributed by atoms with Crippen LogP contribution in [-0.2, 0) is 4.79 Å². The van der Waals surface area contributed by atoms with E-state index in [-0.39, 0.29) is 18.9 Å². The molecule has 0 saturated heterocycles. The van der Waals surface area contributed by atoms with Gasteiger partial charge in [0.15, 0.2) is 0 Å². The van der Waals surface area contributed by atoms with Crippen LogP contribution in [-0.4, -0.2) is 17.6 Å². The third-order valence-corrected chi connectivity index (χ3v) is 1.66. The van der Waals surface area contributed by atoms with Crippen molar-refractivity contribution in [2.75, 3.05) is 11.9 Å². The summed E-state index contributed by atoms with van der Waals surface area (Å²) in [6, 6.07) is 8.69. The van der Waals surface area contributed by atoms with Crippen LogP contribution in [0.4, 0.5) is 5.69 Å². The predicted molar refractivity (Wildman–Crippen MR) is 51.5 cm³/mol. The third-order valence-electron chi connectivity index (χ3n) is 1.66. The highest BCUT2D eigenvalue weighted by Crippen LogP contribution is 2.13. The fourth-order valence-electron chi connectivity index (χ4n) is 1.00. The molecule has 72 valence electrons. The van der Waals surface area contributed by atoms with Crippen LogP contribution in [0.15, 0.2) is 24.3 Å². The second-order valence-electron chi connectivity index (χ2n) is 2.68. The van der Waals surface area contributed by atoms with Gasteiger partial charge in [-0.2, -0.15) is 5.26 Å². The number of carbonyl (C=O) groups is 1. The van der Waals surface area contributed by atoms with Crippen LogP contribution in [0.1, 0.15) is 12.0 Å². The molecule has 0 aromatic heterocycles. The lowest BCUT2D eigenvalue weighted by molar-refractivity contribution is -0.116. The number of nitriles is 1. The normalized spacial score (nSPS) is 9.14. The summed E-state index contributed by atoms with van der Waals surface area (Å²) in [5.41, 5.74) is 0.896. The lowest BCUT2D eigenvalue weighted by Crippen LogP contribution is -2.13. The zero-order chi connectivity index (χ0) is 10.4. The molecule has 4 heteroatoms. The number of carbonyl (C=O) groups excluding carboxylic acids is 1. The first kappa shape index (κ1) is 10.2. The fraction of sp³-hybridized carbons (Fsp3) is 0.200. The second kappa shape index (κ2) is 5.00. The van der Waals surface area contributed by atoms with Gasteiger partial charge in [0, 0.05) is 0 Å². The molecule has 0 bridgehead atoms. The largest absolute Gasteiger partial charge is 0.396 e. The van der Waals surface area contributed by atoms with Gasteiger partial charge in [0.1, 0.15) is 6.07 Å². The highest BCUT2D eigenvalue weighted by Gasteiger charge is 2.04. The number of rotatable bonds is 3. The van der Waals surface area contributed by atoms with E-state index in [1.807, 2.05) is 6.07 Å². The topological polar surface area (TPSA) is 73.1 Å². The number of nitrogens with zero attached hydrogens (tertiary/aromatic N) is 1. The average Bonchev–Trinajstić information content (AvgIpc) is 2.19. The number of nitrogens with one attached hydrogen (secondary N) is 1. The number of aliphatic hydroxyl groups excluding tert-OH is 1. The van der Waals surface area contributed by atoms with E-state index >= 15 is 0 Å². The molecule has 0 saturated carbocycles. The van der Waals surface area contributed by atoms with Crippen molar-refractivity contribution >= 4 is 11.6 Å². The van der Waals surface area contributed by atoms with Crippen molar-refractivity contribution < 1.29 is 9.90 Å². The van der Waals surface area contributed by atoms with Crippen LogP contribution in [0.25, 0.3) is 0 Å². The summed E-state index contributed by atoms with van der Waals surface area (Å²) in [6.07, 6.45) is 0.0414. The Morgan fingerprint density at radius 2 is 2.21 bits per heavy atom.